The van der Waals surface area contributed by atoms with E-state index >= 15 is 0 Å². The van der Waals surface area contributed by atoms with E-state index in [2.05, 4.69) is 4.98 Å². The monoisotopic (exact) mass is 242 g/mol. The van der Waals surface area contributed by atoms with Gasteiger partial charge in [-0.15, -0.1) is 0 Å². The summed E-state index contributed by atoms with van der Waals surface area (Å²) in [5, 5.41) is 19.2. The summed E-state index contributed by atoms with van der Waals surface area (Å²) in [5.41, 5.74) is 0.556. The highest BCUT2D eigenvalue weighted by molar-refractivity contribution is 5.40. The molecule has 1 N–H and O–H groups in total. The molecule has 0 atom stereocenters. The molecule has 0 spiro atoms. The van der Waals surface area contributed by atoms with Gasteiger partial charge < -0.3 is 24.7 Å². The molecule has 17 heavy (non-hydrogen) atoms. The first kappa shape index (κ1) is 13.3. The summed E-state index contributed by atoms with van der Waals surface area (Å²) in [6.45, 7) is 2.25. The van der Waals surface area contributed by atoms with Crippen molar-refractivity contribution in [3.63, 3.8) is 0 Å². The Morgan fingerprint density at radius 2 is 2.18 bits per heavy atom. The minimum atomic E-state index is -0.586. The lowest BCUT2D eigenvalue weighted by Crippen LogP contribution is -2.10. The molecule has 94 valence electrons. The first-order valence-corrected chi connectivity index (χ1v) is 5.08. The third-order valence-electron chi connectivity index (χ3n) is 1.87. The second kappa shape index (κ2) is 6.77. The van der Waals surface area contributed by atoms with E-state index in [1.807, 2.05) is 0 Å². The Bertz CT molecular complexity index is 383. The highest BCUT2D eigenvalue weighted by atomic mass is 16.6. The molecule has 7 nitrogen and oxygen atoms in total. The van der Waals surface area contributed by atoms with E-state index in [0.29, 0.717) is 5.69 Å². The van der Waals surface area contributed by atoms with Crippen LogP contribution in [0.15, 0.2) is 12.1 Å². The standard InChI is InChI=1S/C10H14N2O5/c1-8-2-3-9(10(11-8)12(14)15)17-7-6-16-5-4-13/h2-3,13H,4-7H2,1H3. The van der Waals surface area contributed by atoms with Crippen LogP contribution in [0.4, 0.5) is 5.82 Å². The molecule has 1 aromatic rings. The zero-order chi connectivity index (χ0) is 12.7. The molecule has 0 fully saturated rings. The van der Waals surface area contributed by atoms with Gasteiger partial charge in [0.2, 0.25) is 5.75 Å². The molecule has 7 heteroatoms. The Kier molecular flexibility index (Phi) is 5.31. The van der Waals surface area contributed by atoms with Crippen molar-refractivity contribution in [2.75, 3.05) is 26.4 Å². The van der Waals surface area contributed by atoms with Crippen LogP contribution in [0, 0.1) is 17.0 Å². The molecular weight excluding hydrogens is 228 g/mol. The molecule has 0 unspecified atom stereocenters. The van der Waals surface area contributed by atoms with Crippen molar-refractivity contribution in [2.24, 2.45) is 0 Å². The highest BCUT2D eigenvalue weighted by Crippen LogP contribution is 2.24. The molecule has 0 aromatic carbocycles. The number of ether oxygens (including phenoxy) is 2. The summed E-state index contributed by atoms with van der Waals surface area (Å²) in [6.07, 6.45) is 0. The van der Waals surface area contributed by atoms with Crippen molar-refractivity contribution in [3.05, 3.63) is 27.9 Å². The predicted molar refractivity (Wildman–Crippen MR) is 59.0 cm³/mol. The molecule has 0 amide bonds. The topological polar surface area (TPSA) is 94.7 Å². The lowest BCUT2D eigenvalue weighted by atomic mass is 10.3. The first-order chi connectivity index (χ1) is 8.15. The Balaban J connectivity index is 2.55. The van der Waals surface area contributed by atoms with Gasteiger partial charge in [0.15, 0.2) is 0 Å². The van der Waals surface area contributed by atoms with E-state index in [-0.39, 0.29) is 38.0 Å². The zero-order valence-electron chi connectivity index (χ0n) is 9.46. The maximum atomic E-state index is 10.7. The molecule has 0 aliphatic rings. The number of hydrogen-bond acceptors (Lipinski definition) is 6. The van der Waals surface area contributed by atoms with Gasteiger partial charge in [-0.2, -0.15) is 0 Å². The van der Waals surface area contributed by atoms with Gasteiger partial charge in [-0.05, 0) is 22.0 Å². The molecule has 0 saturated heterocycles. The van der Waals surface area contributed by atoms with Crippen molar-refractivity contribution in [2.45, 2.75) is 6.92 Å². The SMILES string of the molecule is Cc1ccc(OCCOCCO)c([N+](=O)[O-])n1. The van der Waals surface area contributed by atoms with Gasteiger partial charge in [0, 0.05) is 6.92 Å². The average molecular weight is 242 g/mol. The third kappa shape index (κ3) is 4.33. The van der Waals surface area contributed by atoms with Crippen LogP contribution in [-0.2, 0) is 4.74 Å². The zero-order valence-corrected chi connectivity index (χ0v) is 9.46. The van der Waals surface area contributed by atoms with Gasteiger partial charge in [-0.3, -0.25) is 0 Å². The Morgan fingerprint density at radius 3 is 2.82 bits per heavy atom. The molecule has 0 bridgehead atoms. The largest absolute Gasteiger partial charge is 0.483 e. The van der Waals surface area contributed by atoms with Crippen LogP contribution in [0.3, 0.4) is 0 Å². The van der Waals surface area contributed by atoms with Crippen LogP contribution in [-0.4, -0.2) is 41.4 Å². The Morgan fingerprint density at radius 1 is 1.41 bits per heavy atom. The van der Waals surface area contributed by atoms with Gasteiger partial charge in [0.1, 0.15) is 12.3 Å². The fourth-order valence-electron chi connectivity index (χ4n) is 1.15. The van der Waals surface area contributed by atoms with Gasteiger partial charge in [-0.25, -0.2) is 0 Å². The number of hydrogen-bond donors (Lipinski definition) is 1. The van der Waals surface area contributed by atoms with Crippen LogP contribution in [0.5, 0.6) is 5.75 Å². The van der Waals surface area contributed by atoms with Crippen LogP contribution in [0.1, 0.15) is 5.69 Å². The smallest absolute Gasteiger partial charge is 0.406 e. The van der Waals surface area contributed by atoms with Crippen LogP contribution in [0.2, 0.25) is 0 Å². The minimum Gasteiger partial charge on any atom is -0.483 e. The fraction of sp³-hybridized carbons (Fsp3) is 0.500. The van der Waals surface area contributed by atoms with Crippen molar-refractivity contribution in [3.8, 4) is 5.75 Å². The molecule has 0 saturated carbocycles. The second-order valence-corrected chi connectivity index (χ2v) is 3.22. The van der Waals surface area contributed by atoms with Crippen molar-refractivity contribution >= 4 is 5.82 Å². The second-order valence-electron chi connectivity index (χ2n) is 3.22. The van der Waals surface area contributed by atoms with E-state index in [1.165, 1.54) is 6.07 Å². The normalized spacial score (nSPS) is 10.2. The highest BCUT2D eigenvalue weighted by Gasteiger charge is 2.17. The number of nitrogens with zero attached hydrogens (tertiary/aromatic N) is 2. The van der Waals surface area contributed by atoms with Crippen LogP contribution in [0.25, 0.3) is 0 Å². The molecule has 1 rings (SSSR count). The van der Waals surface area contributed by atoms with Gasteiger partial charge in [0.05, 0.1) is 19.8 Å². The van der Waals surface area contributed by atoms with Gasteiger partial charge in [-0.1, -0.05) is 0 Å². The lowest BCUT2D eigenvalue weighted by Gasteiger charge is -2.06. The molecule has 0 radical (unpaired) electrons. The third-order valence-corrected chi connectivity index (χ3v) is 1.87. The van der Waals surface area contributed by atoms with E-state index in [4.69, 9.17) is 14.6 Å². The maximum Gasteiger partial charge on any atom is 0.406 e. The number of aryl methyl sites for hydroxylation is 1. The van der Waals surface area contributed by atoms with Crippen molar-refractivity contribution in [1.29, 1.82) is 0 Å². The van der Waals surface area contributed by atoms with E-state index in [1.54, 1.807) is 13.0 Å². The maximum absolute atomic E-state index is 10.7. The molecule has 0 aliphatic carbocycles. The number of nitro groups is 1. The first-order valence-electron chi connectivity index (χ1n) is 5.08. The summed E-state index contributed by atoms with van der Waals surface area (Å²) >= 11 is 0. The van der Waals surface area contributed by atoms with Gasteiger partial charge >= 0.3 is 5.82 Å². The summed E-state index contributed by atoms with van der Waals surface area (Å²) in [6, 6.07) is 3.14. The molecule has 0 aliphatic heterocycles. The van der Waals surface area contributed by atoms with Gasteiger partial charge in [0.25, 0.3) is 0 Å². The van der Waals surface area contributed by atoms with Crippen molar-refractivity contribution < 1.29 is 19.5 Å². The van der Waals surface area contributed by atoms with Crippen LogP contribution >= 0.6 is 0 Å². The lowest BCUT2D eigenvalue weighted by molar-refractivity contribution is -0.390. The molecule has 1 heterocycles. The summed E-state index contributed by atoms with van der Waals surface area (Å²) < 4.78 is 10.2. The average Bonchev–Trinajstić information content (AvgIpc) is 2.30. The molecule has 1 aromatic heterocycles. The minimum absolute atomic E-state index is 0.0633. The van der Waals surface area contributed by atoms with Crippen molar-refractivity contribution in [1.82, 2.24) is 4.98 Å². The van der Waals surface area contributed by atoms with Crippen LogP contribution < -0.4 is 4.74 Å². The number of pyridine rings is 1. The van der Waals surface area contributed by atoms with E-state index in [0.717, 1.165) is 0 Å². The number of rotatable bonds is 7. The number of aromatic nitrogens is 1. The molecular formula is C10H14N2O5. The number of aliphatic hydroxyl groups excluding tert-OH is 1. The summed E-state index contributed by atoms with van der Waals surface area (Å²) in [7, 11) is 0. The van der Waals surface area contributed by atoms with E-state index in [9.17, 15) is 10.1 Å². The Labute approximate surface area is 98.2 Å². The fourth-order valence-corrected chi connectivity index (χ4v) is 1.15. The van der Waals surface area contributed by atoms with E-state index < -0.39 is 4.92 Å². The summed E-state index contributed by atoms with van der Waals surface area (Å²) in [4.78, 5) is 13.9. The summed E-state index contributed by atoms with van der Waals surface area (Å²) in [5.74, 6) is -0.180. The quantitative estimate of drug-likeness (QED) is 0.429. The number of aliphatic hydroxyl groups is 1. The Hall–Kier alpha value is -1.73. The predicted octanol–water partition coefficient (Wildman–Crippen LogP) is 0.686.